The third-order valence-corrected chi connectivity index (χ3v) is 5.73. The van der Waals surface area contributed by atoms with Crippen LogP contribution in [0.15, 0.2) is 84.0 Å². The number of methoxy groups -OCH3 is 1. The first-order valence-corrected chi connectivity index (χ1v) is 10.8. The second-order valence-corrected chi connectivity index (χ2v) is 7.72. The lowest BCUT2D eigenvalue weighted by molar-refractivity contribution is -0.113. The lowest BCUT2D eigenvalue weighted by atomic mass is 10.0. The number of ether oxygens (including phenoxy) is 1. The molecule has 30 heavy (non-hydrogen) atoms. The molecule has 0 atom stereocenters. The number of para-hydroxylation sites is 3. The highest BCUT2D eigenvalue weighted by Gasteiger charge is 2.14. The van der Waals surface area contributed by atoms with Gasteiger partial charge in [-0.05, 0) is 23.8 Å². The van der Waals surface area contributed by atoms with Gasteiger partial charge in [0.05, 0.1) is 23.4 Å². The van der Waals surface area contributed by atoms with Gasteiger partial charge in [0, 0.05) is 24.9 Å². The molecule has 4 aromatic rings. The summed E-state index contributed by atoms with van der Waals surface area (Å²) < 4.78 is 7.35. The Bertz CT molecular complexity index is 1140. The fourth-order valence-corrected chi connectivity index (χ4v) is 4.18. The number of anilines is 1. The molecule has 0 saturated heterocycles. The van der Waals surface area contributed by atoms with E-state index in [9.17, 15) is 4.79 Å². The van der Waals surface area contributed by atoms with Crippen molar-refractivity contribution in [1.82, 2.24) is 9.55 Å². The molecule has 0 aliphatic rings. The van der Waals surface area contributed by atoms with E-state index in [1.165, 1.54) is 11.8 Å². The number of imidazole rings is 1. The lowest BCUT2D eigenvalue weighted by Crippen LogP contribution is -2.15. The molecule has 4 rings (SSSR count). The molecule has 1 amide bonds. The van der Waals surface area contributed by atoms with Crippen LogP contribution >= 0.6 is 11.8 Å². The number of hydrogen-bond donors (Lipinski definition) is 1. The summed E-state index contributed by atoms with van der Waals surface area (Å²) in [5.41, 5.74) is 4.85. The van der Waals surface area contributed by atoms with E-state index < -0.39 is 0 Å². The Hall–Kier alpha value is -3.09. The van der Waals surface area contributed by atoms with E-state index >= 15 is 0 Å². The highest BCUT2D eigenvalue weighted by molar-refractivity contribution is 7.99. The predicted octanol–water partition coefficient (Wildman–Crippen LogP) is 5.08. The number of rotatable bonds is 8. The minimum Gasteiger partial charge on any atom is -0.383 e. The van der Waals surface area contributed by atoms with Crippen LogP contribution in [0.25, 0.3) is 22.2 Å². The normalized spacial score (nSPS) is 11.0. The highest BCUT2D eigenvalue weighted by Crippen LogP contribution is 2.28. The molecule has 152 valence electrons. The van der Waals surface area contributed by atoms with Crippen LogP contribution in [-0.4, -0.2) is 34.9 Å². The van der Waals surface area contributed by atoms with Gasteiger partial charge in [-0.2, -0.15) is 0 Å². The van der Waals surface area contributed by atoms with Gasteiger partial charge in [-0.1, -0.05) is 72.4 Å². The first-order valence-electron chi connectivity index (χ1n) is 9.77. The van der Waals surface area contributed by atoms with E-state index in [1.54, 1.807) is 7.11 Å². The summed E-state index contributed by atoms with van der Waals surface area (Å²) in [7, 11) is 1.68. The number of thioether (sulfide) groups is 1. The van der Waals surface area contributed by atoms with Crippen LogP contribution in [-0.2, 0) is 16.1 Å². The molecule has 3 aromatic carbocycles. The maximum Gasteiger partial charge on any atom is 0.234 e. The fraction of sp³-hybridized carbons (Fsp3) is 0.167. The van der Waals surface area contributed by atoms with Crippen LogP contribution < -0.4 is 5.32 Å². The molecule has 0 fully saturated rings. The van der Waals surface area contributed by atoms with Crippen molar-refractivity contribution in [3.05, 3.63) is 78.9 Å². The van der Waals surface area contributed by atoms with Crippen LogP contribution in [0.3, 0.4) is 0 Å². The topological polar surface area (TPSA) is 56.1 Å². The molecule has 0 spiro atoms. The SMILES string of the molecule is COCCn1c(SCC(=O)Nc2ccccc2-c2ccccc2)nc2ccccc21. The van der Waals surface area contributed by atoms with Gasteiger partial charge in [-0.15, -0.1) is 0 Å². The Morgan fingerprint density at radius 3 is 2.57 bits per heavy atom. The molecule has 1 N–H and O–H groups in total. The summed E-state index contributed by atoms with van der Waals surface area (Å²) >= 11 is 1.44. The molecule has 6 heteroatoms. The van der Waals surface area contributed by atoms with Crippen LogP contribution in [0.2, 0.25) is 0 Å². The number of carbonyl (C=O) groups excluding carboxylic acids is 1. The third-order valence-electron chi connectivity index (χ3n) is 4.76. The lowest BCUT2D eigenvalue weighted by Gasteiger charge is -2.12. The second kappa shape index (κ2) is 9.61. The standard InChI is InChI=1S/C24H23N3O2S/c1-29-16-15-27-22-14-8-7-13-21(22)26-24(27)30-17-23(28)25-20-12-6-5-11-19(20)18-9-3-2-4-10-18/h2-14H,15-17H2,1H3,(H,25,28). The molecule has 0 saturated carbocycles. The number of nitrogens with one attached hydrogen (secondary N) is 1. The zero-order chi connectivity index (χ0) is 20.8. The van der Waals surface area contributed by atoms with Crippen molar-refractivity contribution < 1.29 is 9.53 Å². The fourth-order valence-electron chi connectivity index (χ4n) is 3.34. The summed E-state index contributed by atoms with van der Waals surface area (Å²) in [4.78, 5) is 17.4. The molecule has 0 unspecified atom stereocenters. The Morgan fingerprint density at radius 1 is 1.00 bits per heavy atom. The van der Waals surface area contributed by atoms with Crippen molar-refractivity contribution in [2.45, 2.75) is 11.7 Å². The number of benzene rings is 3. The van der Waals surface area contributed by atoms with Gasteiger partial charge in [0.2, 0.25) is 5.91 Å². The smallest absolute Gasteiger partial charge is 0.234 e. The summed E-state index contributed by atoms with van der Waals surface area (Å²) in [5.74, 6) is 0.216. The van der Waals surface area contributed by atoms with Crippen LogP contribution in [0.4, 0.5) is 5.69 Å². The van der Waals surface area contributed by atoms with Gasteiger partial charge < -0.3 is 14.6 Å². The Morgan fingerprint density at radius 2 is 1.73 bits per heavy atom. The van der Waals surface area contributed by atoms with Crippen molar-refractivity contribution in [3.8, 4) is 11.1 Å². The minimum absolute atomic E-state index is 0.0614. The zero-order valence-electron chi connectivity index (χ0n) is 16.7. The predicted molar refractivity (Wildman–Crippen MR) is 123 cm³/mol. The number of nitrogens with zero attached hydrogens (tertiary/aromatic N) is 2. The molecule has 0 aliphatic heterocycles. The minimum atomic E-state index is -0.0614. The van der Waals surface area contributed by atoms with E-state index in [0.29, 0.717) is 13.2 Å². The number of carbonyl (C=O) groups is 1. The van der Waals surface area contributed by atoms with Gasteiger partial charge >= 0.3 is 0 Å². The summed E-state index contributed by atoms with van der Waals surface area (Å²) in [5, 5.41) is 3.87. The van der Waals surface area contributed by atoms with Crippen molar-refractivity contribution in [2.75, 3.05) is 24.8 Å². The first kappa shape index (κ1) is 20.2. The Labute approximate surface area is 180 Å². The van der Waals surface area contributed by atoms with Crippen molar-refractivity contribution in [1.29, 1.82) is 0 Å². The Kier molecular flexibility index (Phi) is 6.47. The van der Waals surface area contributed by atoms with Crippen LogP contribution in [0, 0.1) is 0 Å². The quantitative estimate of drug-likeness (QED) is 0.406. The summed E-state index contributed by atoms with van der Waals surface area (Å²) in [6, 6.07) is 25.9. The van der Waals surface area contributed by atoms with Crippen LogP contribution in [0.1, 0.15) is 0 Å². The van der Waals surface area contributed by atoms with Crippen LogP contribution in [0.5, 0.6) is 0 Å². The Balaban J connectivity index is 1.49. The molecule has 0 bridgehead atoms. The maximum atomic E-state index is 12.7. The largest absolute Gasteiger partial charge is 0.383 e. The second-order valence-electron chi connectivity index (χ2n) is 6.78. The van der Waals surface area contributed by atoms with E-state index in [-0.39, 0.29) is 11.7 Å². The van der Waals surface area contributed by atoms with Gasteiger partial charge in [0.15, 0.2) is 5.16 Å². The average Bonchev–Trinajstić information content (AvgIpc) is 3.14. The first-order chi connectivity index (χ1) is 14.8. The van der Waals surface area contributed by atoms with Crippen molar-refractivity contribution in [3.63, 3.8) is 0 Å². The highest BCUT2D eigenvalue weighted by atomic mass is 32.2. The van der Waals surface area contributed by atoms with E-state index in [2.05, 4.69) is 9.88 Å². The zero-order valence-corrected chi connectivity index (χ0v) is 17.6. The molecule has 0 aliphatic carbocycles. The molecule has 1 aromatic heterocycles. The molecule has 1 heterocycles. The molecular formula is C24H23N3O2S. The third kappa shape index (κ3) is 4.56. The molecular weight excluding hydrogens is 394 g/mol. The van der Waals surface area contributed by atoms with Crippen molar-refractivity contribution >= 4 is 34.4 Å². The van der Waals surface area contributed by atoms with Gasteiger partial charge in [0.25, 0.3) is 0 Å². The maximum absolute atomic E-state index is 12.7. The summed E-state index contributed by atoms with van der Waals surface area (Å²) in [6.07, 6.45) is 0. The van der Waals surface area contributed by atoms with Gasteiger partial charge in [-0.3, -0.25) is 4.79 Å². The van der Waals surface area contributed by atoms with Crippen molar-refractivity contribution in [2.24, 2.45) is 0 Å². The van der Waals surface area contributed by atoms with E-state index in [4.69, 9.17) is 9.72 Å². The monoisotopic (exact) mass is 417 g/mol. The number of hydrogen-bond acceptors (Lipinski definition) is 4. The number of aromatic nitrogens is 2. The summed E-state index contributed by atoms with van der Waals surface area (Å²) in [6.45, 7) is 1.28. The molecule has 5 nitrogen and oxygen atoms in total. The average molecular weight is 418 g/mol. The van der Waals surface area contributed by atoms with E-state index in [1.807, 2.05) is 78.9 Å². The van der Waals surface area contributed by atoms with Gasteiger partial charge in [-0.25, -0.2) is 4.98 Å². The van der Waals surface area contributed by atoms with Gasteiger partial charge in [0.1, 0.15) is 0 Å². The van der Waals surface area contributed by atoms with E-state index in [0.717, 1.165) is 33.0 Å². The molecule has 0 radical (unpaired) electrons. The number of fused-ring (bicyclic) bond motifs is 1. The number of amides is 1.